The Kier molecular flexibility index (Phi) is 5.08. The Morgan fingerprint density at radius 1 is 1.30 bits per heavy atom. The van der Waals surface area contributed by atoms with Crippen molar-refractivity contribution in [2.24, 2.45) is 11.3 Å². The van der Waals surface area contributed by atoms with E-state index in [0.717, 1.165) is 12.3 Å². The number of aromatic nitrogens is 1. The zero-order chi connectivity index (χ0) is 17.3. The molecule has 0 amide bonds. The fraction of sp³-hybridized carbons (Fsp3) is 0.500. The van der Waals surface area contributed by atoms with Crippen molar-refractivity contribution < 1.29 is 23.1 Å². The predicted octanol–water partition coefficient (Wildman–Crippen LogP) is 4.64. The highest BCUT2D eigenvalue weighted by atomic mass is 32.2. The highest BCUT2D eigenvalue weighted by Gasteiger charge is 2.34. The molecule has 0 saturated heterocycles. The molecule has 0 fully saturated rings. The Morgan fingerprint density at radius 2 is 2.00 bits per heavy atom. The van der Waals surface area contributed by atoms with Crippen LogP contribution in [-0.4, -0.2) is 21.6 Å². The van der Waals surface area contributed by atoms with Gasteiger partial charge in [-0.2, -0.15) is 13.2 Å². The highest BCUT2D eigenvalue weighted by Crippen LogP contribution is 2.40. The van der Waals surface area contributed by atoms with Crippen LogP contribution in [0.4, 0.5) is 13.2 Å². The van der Waals surface area contributed by atoms with E-state index in [2.05, 4.69) is 4.98 Å². The van der Waals surface area contributed by atoms with Gasteiger partial charge in [-0.15, -0.1) is 11.8 Å². The monoisotopic (exact) mass is 345 g/mol. The molecule has 2 rings (SSSR count). The van der Waals surface area contributed by atoms with Gasteiger partial charge in [-0.05, 0) is 23.5 Å². The van der Waals surface area contributed by atoms with E-state index in [4.69, 9.17) is 0 Å². The number of hydrogen-bond donors (Lipinski definition) is 1. The molecule has 3 nitrogen and oxygen atoms in total. The van der Waals surface area contributed by atoms with E-state index in [1.807, 2.05) is 13.8 Å². The van der Waals surface area contributed by atoms with Crippen LogP contribution in [0.2, 0.25) is 0 Å². The van der Waals surface area contributed by atoms with Crippen molar-refractivity contribution in [1.29, 1.82) is 0 Å². The van der Waals surface area contributed by atoms with Gasteiger partial charge < -0.3 is 5.11 Å². The summed E-state index contributed by atoms with van der Waals surface area (Å²) in [5, 5.41) is 10.1. The first-order chi connectivity index (χ1) is 10.6. The average molecular weight is 345 g/mol. The molecule has 7 heteroatoms. The Labute approximate surface area is 137 Å². The number of ketones is 1. The van der Waals surface area contributed by atoms with Gasteiger partial charge in [-0.1, -0.05) is 13.8 Å². The molecule has 0 bridgehead atoms. The maximum absolute atomic E-state index is 12.5. The third kappa shape index (κ3) is 4.73. The van der Waals surface area contributed by atoms with E-state index in [1.54, 1.807) is 0 Å². The first-order valence-electron chi connectivity index (χ1n) is 7.16. The molecule has 126 valence electrons. The van der Waals surface area contributed by atoms with Crippen LogP contribution in [0.15, 0.2) is 35.2 Å². The zero-order valence-electron chi connectivity index (χ0n) is 12.9. The number of allylic oxidation sites excluding steroid dienone is 2. The third-order valence-electron chi connectivity index (χ3n) is 3.99. The maximum Gasteiger partial charge on any atom is 0.417 e. The molecule has 0 saturated carbocycles. The summed E-state index contributed by atoms with van der Waals surface area (Å²) in [6.45, 7) is 3.97. The standard InChI is InChI=1S/C16H18F3NO2S/c1-15(2,11-5-12(21)7-13(22)6-11)9-23-14-4-3-10(8-20-14)16(17,18)19/h3-4,7-8,11,21H,5-6,9H2,1-2H3. The SMILES string of the molecule is CC(C)(CSc1ccc(C(F)(F)F)cn1)C1CC(=O)C=C(O)C1. The average Bonchev–Trinajstić information content (AvgIpc) is 2.44. The number of alkyl halides is 3. The number of carbonyl (C=O) groups excluding carboxylic acids is 1. The number of rotatable bonds is 4. The molecule has 1 aliphatic carbocycles. The van der Waals surface area contributed by atoms with Gasteiger partial charge in [-0.3, -0.25) is 4.79 Å². The second-order valence-corrected chi connectivity index (χ2v) is 7.36. The van der Waals surface area contributed by atoms with Gasteiger partial charge in [0.25, 0.3) is 0 Å². The van der Waals surface area contributed by atoms with Crippen LogP contribution in [0.1, 0.15) is 32.3 Å². The van der Waals surface area contributed by atoms with Crippen LogP contribution in [0.5, 0.6) is 0 Å². The van der Waals surface area contributed by atoms with Gasteiger partial charge in [0.2, 0.25) is 0 Å². The smallest absolute Gasteiger partial charge is 0.417 e. The van der Waals surface area contributed by atoms with Crippen LogP contribution >= 0.6 is 11.8 Å². The Bertz CT molecular complexity index is 609. The minimum Gasteiger partial charge on any atom is -0.512 e. The highest BCUT2D eigenvalue weighted by molar-refractivity contribution is 7.99. The predicted molar refractivity (Wildman–Crippen MR) is 82.2 cm³/mol. The molecular formula is C16H18F3NO2S. The van der Waals surface area contributed by atoms with Crippen LogP contribution in [0.3, 0.4) is 0 Å². The van der Waals surface area contributed by atoms with Crippen molar-refractivity contribution in [3.63, 3.8) is 0 Å². The van der Waals surface area contributed by atoms with Crippen molar-refractivity contribution in [1.82, 2.24) is 4.98 Å². The number of carbonyl (C=O) groups is 1. The third-order valence-corrected chi connectivity index (χ3v) is 5.42. The van der Waals surface area contributed by atoms with Gasteiger partial charge in [-0.25, -0.2) is 4.98 Å². The van der Waals surface area contributed by atoms with Crippen LogP contribution in [-0.2, 0) is 11.0 Å². The summed E-state index contributed by atoms with van der Waals surface area (Å²) in [7, 11) is 0. The first-order valence-corrected chi connectivity index (χ1v) is 8.15. The lowest BCUT2D eigenvalue weighted by Gasteiger charge is -2.35. The molecular weight excluding hydrogens is 327 g/mol. The Morgan fingerprint density at radius 3 is 2.52 bits per heavy atom. The molecule has 0 aliphatic heterocycles. The number of nitrogens with zero attached hydrogens (tertiary/aromatic N) is 1. The summed E-state index contributed by atoms with van der Waals surface area (Å²) < 4.78 is 37.5. The number of hydrogen-bond acceptors (Lipinski definition) is 4. The molecule has 23 heavy (non-hydrogen) atoms. The lowest BCUT2D eigenvalue weighted by atomic mass is 9.73. The van der Waals surface area contributed by atoms with Crippen molar-refractivity contribution in [2.75, 3.05) is 5.75 Å². The van der Waals surface area contributed by atoms with E-state index in [9.17, 15) is 23.1 Å². The summed E-state index contributed by atoms with van der Waals surface area (Å²) in [5.41, 5.74) is -1.03. The van der Waals surface area contributed by atoms with Crippen LogP contribution < -0.4 is 0 Å². The van der Waals surface area contributed by atoms with E-state index in [1.165, 1.54) is 23.9 Å². The summed E-state index contributed by atoms with van der Waals surface area (Å²) in [4.78, 5) is 15.4. The van der Waals surface area contributed by atoms with E-state index in [-0.39, 0.29) is 22.9 Å². The summed E-state index contributed by atoms with van der Waals surface area (Å²) in [6, 6.07) is 2.37. The molecule has 1 heterocycles. The minimum absolute atomic E-state index is 0.00180. The zero-order valence-corrected chi connectivity index (χ0v) is 13.7. The molecule has 0 spiro atoms. The largest absolute Gasteiger partial charge is 0.512 e. The van der Waals surface area contributed by atoms with Crippen molar-refractivity contribution in [3.8, 4) is 0 Å². The Hall–Kier alpha value is -1.50. The number of aliphatic hydroxyl groups excluding tert-OH is 1. The number of pyridine rings is 1. The minimum atomic E-state index is -4.39. The second-order valence-electron chi connectivity index (χ2n) is 6.37. The first kappa shape index (κ1) is 17.8. The second kappa shape index (κ2) is 6.55. The van der Waals surface area contributed by atoms with Gasteiger partial charge in [0, 0.05) is 30.9 Å². The molecule has 1 atom stereocenters. The molecule has 1 N–H and O–H groups in total. The number of aliphatic hydroxyl groups is 1. The van der Waals surface area contributed by atoms with Gasteiger partial charge in [0.05, 0.1) is 16.3 Å². The normalized spacial score (nSPS) is 19.6. The fourth-order valence-electron chi connectivity index (χ4n) is 2.43. The summed E-state index contributed by atoms with van der Waals surface area (Å²) in [5.74, 6) is 0.597. The van der Waals surface area contributed by atoms with Gasteiger partial charge in [0.1, 0.15) is 0 Å². The molecule has 1 aromatic heterocycles. The lowest BCUT2D eigenvalue weighted by molar-refractivity contribution is -0.137. The summed E-state index contributed by atoms with van der Waals surface area (Å²) in [6.07, 6.45) is -1.48. The topological polar surface area (TPSA) is 50.2 Å². The van der Waals surface area contributed by atoms with Crippen LogP contribution in [0, 0.1) is 11.3 Å². The molecule has 1 unspecified atom stereocenters. The fourth-order valence-corrected chi connectivity index (χ4v) is 3.48. The van der Waals surface area contributed by atoms with Crippen molar-refractivity contribution in [3.05, 3.63) is 35.7 Å². The molecule has 0 aromatic carbocycles. The van der Waals surface area contributed by atoms with Crippen molar-refractivity contribution in [2.45, 2.75) is 37.9 Å². The van der Waals surface area contributed by atoms with E-state index < -0.39 is 11.7 Å². The van der Waals surface area contributed by atoms with E-state index >= 15 is 0 Å². The van der Waals surface area contributed by atoms with Gasteiger partial charge in [0.15, 0.2) is 5.78 Å². The van der Waals surface area contributed by atoms with E-state index in [0.29, 0.717) is 23.6 Å². The molecule has 1 aliphatic rings. The number of thioether (sulfide) groups is 1. The molecule has 0 radical (unpaired) electrons. The van der Waals surface area contributed by atoms with Gasteiger partial charge >= 0.3 is 6.18 Å². The van der Waals surface area contributed by atoms with Crippen molar-refractivity contribution >= 4 is 17.5 Å². The van der Waals surface area contributed by atoms with Crippen LogP contribution in [0.25, 0.3) is 0 Å². The molecule has 1 aromatic rings. The number of halogens is 3. The quantitative estimate of drug-likeness (QED) is 0.808. The lowest BCUT2D eigenvalue weighted by Crippen LogP contribution is -2.31. The summed E-state index contributed by atoms with van der Waals surface area (Å²) >= 11 is 1.35. The Balaban J connectivity index is 1.99. The maximum atomic E-state index is 12.5.